The van der Waals surface area contributed by atoms with Crippen LogP contribution in [0.4, 0.5) is 10.5 Å². The van der Waals surface area contributed by atoms with Crippen LogP contribution < -0.4 is 15.8 Å². The largest absolute Gasteiger partial charge is 0.295 e. The molecule has 0 aliphatic carbocycles. The fraction of sp³-hybridized carbons (Fsp3) is 0.0625. The molecule has 116 valence electrons. The summed E-state index contributed by atoms with van der Waals surface area (Å²) in [5.41, 5.74) is 6.03. The van der Waals surface area contributed by atoms with Crippen LogP contribution in [0.15, 0.2) is 60.7 Å². The molecule has 0 bridgehead atoms. The number of rotatable bonds is 4. The standard InChI is InChI=1S/C16H13N3O3S/c20-13(11-7-3-1-4-8-11)17-18-14-15(21)19(16(22)23-14)12-9-5-2-6-10-12/h1-10,14,18H,(H,17,20)/t14-/m1/s1. The first-order chi connectivity index (χ1) is 11.2. The number of carbonyl (C=O) groups is 3. The molecular formula is C16H13N3O3S. The molecule has 2 N–H and O–H groups in total. The van der Waals surface area contributed by atoms with Gasteiger partial charge in [0.25, 0.3) is 17.1 Å². The van der Waals surface area contributed by atoms with Crippen molar-refractivity contribution in [1.29, 1.82) is 0 Å². The van der Waals surface area contributed by atoms with Crippen molar-refractivity contribution in [2.75, 3.05) is 4.90 Å². The van der Waals surface area contributed by atoms with Crippen LogP contribution in [0.2, 0.25) is 0 Å². The zero-order valence-electron chi connectivity index (χ0n) is 11.9. The summed E-state index contributed by atoms with van der Waals surface area (Å²) in [6.07, 6.45) is 0. The summed E-state index contributed by atoms with van der Waals surface area (Å²) in [6, 6.07) is 17.3. The molecule has 3 rings (SSSR count). The maximum atomic E-state index is 12.3. The fourth-order valence-corrected chi connectivity index (χ4v) is 2.93. The second kappa shape index (κ2) is 6.64. The quantitative estimate of drug-likeness (QED) is 0.841. The number of anilines is 1. The van der Waals surface area contributed by atoms with Gasteiger partial charge in [0.1, 0.15) is 0 Å². The zero-order chi connectivity index (χ0) is 16.2. The molecule has 1 aliphatic heterocycles. The molecule has 2 aromatic carbocycles. The fourth-order valence-electron chi connectivity index (χ4n) is 2.10. The van der Waals surface area contributed by atoms with Crippen LogP contribution in [0.5, 0.6) is 0 Å². The highest BCUT2D eigenvalue weighted by Gasteiger charge is 2.40. The number of benzene rings is 2. The molecule has 0 radical (unpaired) electrons. The Hall–Kier alpha value is -2.64. The van der Waals surface area contributed by atoms with Gasteiger partial charge in [0.15, 0.2) is 5.37 Å². The number of imide groups is 1. The van der Waals surface area contributed by atoms with Gasteiger partial charge in [-0.05, 0) is 36.0 Å². The normalized spacial score (nSPS) is 17.4. The first kappa shape index (κ1) is 15.3. The average molecular weight is 327 g/mol. The van der Waals surface area contributed by atoms with Gasteiger partial charge < -0.3 is 0 Å². The number of carbonyl (C=O) groups excluding carboxylic acids is 3. The monoisotopic (exact) mass is 327 g/mol. The Morgan fingerprint density at radius 3 is 2.22 bits per heavy atom. The van der Waals surface area contributed by atoms with E-state index in [0.29, 0.717) is 11.3 Å². The Bertz CT molecular complexity index is 737. The van der Waals surface area contributed by atoms with Crippen LogP contribution in [0, 0.1) is 0 Å². The molecule has 1 saturated heterocycles. The Morgan fingerprint density at radius 1 is 0.957 bits per heavy atom. The minimum Gasteiger partial charge on any atom is -0.286 e. The van der Waals surface area contributed by atoms with Crippen LogP contribution in [0.1, 0.15) is 10.4 Å². The number of para-hydroxylation sites is 1. The van der Waals surface area contributed by atoms with Crippen molar-refractivity contribution in [2.24, 2.45) is 0 Å². The first-order valence-electron chi connectivity index (χ1n) is 6.87. The third-order valence-electron chi connectivity index (χ3n) is 3.21. The summed E-state index contributed by atoms with van der Waals surface area (Å²) in [6.45, 7) is 0. The molecule has 0 spiro atoms. The number of hydrogen-bond acceptors (Lipinski definition) is 5. The van der Waals surface area contributed by atoms with E-state index in [-0.39, 0.29) is 11.1 Å². The Labute approximate surface area is 136 Å². The van der Waals surface area contributed by atoms with Crippen molar-refractivity contribution < 1.29 is 14.4 Å². The molecule has 6 nitrogen and oxygen atoms in total. The lowest BCUT2D eigenvalue weighted by Gasteiger charge is -2.14. The maximum Gasteiger partial charge on any atom is 0.295 e. The van der Waals surface area contributed by atoms with E-state index in [4.69, 9.17) is 0 Å². The van der Waals surface area contributed by atoms with Crippen LogP contribution in [0.25, 0.3) is 0 Å². The topological polar surface area (TPSA) is 78.5 Å². The maximum absolute atomic E-state index is 12.3. The van der Waals surface area contributed by atoms with E-state index in [2.05, 4.69) is 10.9 Å². The van der Waals surface area contributed by atoms with Gasteiger partial charge in [0.05, 0.1) is 5.69 Å². The zero-order valence-corrected chi connectivity index (χ0v) is 12.7. The lowest BCUT2D eigenvalue weighted by molar-refractivity contribution is -0.117. The van der Waals surface area contributed by atoms with E-state index < -0.39 is 11.3 Å². The molecule has 1 atom stereocenters. The smallest absolute Gasteiger partial charge is 0.286 e. The van der Waals surface area contributed by atoms with Gasteiger partial charge in [0.2, 0.25) is 0 Å². The molecule has 0 aromatic heterocycles. The Morgan fingerprint density at radius 2 is 1.57 bits per heavy atom. The van der Waals surface area contributed by atoms with Gasteiger partial charge in [-0.2, -0.15) is 0 Å². The number of nitrogens with one attached hydrogen (secondary N) is 2. The number of thioether (sulfide) groups is 1. The minimum absolute atomic E-state index is 0.371. The van der Waals surface area contributed by atoms with Crippen LogP contribution >= 0.6 is 11.8 Å². The van der Waals surface area contributed by atoms with Crippen molar-refractivity contribution >= 4 is 34.5 Å². The molecule has 1 aliphatic rings. The van der Waals surface area contributed by atoms with E-state index in [1.165, 1.54) is 0 Å². The second-order valence-corrected chi connectivity index (χ2v) is 5.79. The summed E-state index contributed by atoms with van der Waals surface area (Å²) in [5.74, 6) is -0.788. The van der Waals surface area contributed by atoms with Gasteiger partial charge in [-0.25, -0.2) is 10.3 Å². The van der Waals surface area contributed by atoms with Gasteiger partial charge in [-0.3, -0.25) is 19.8 Å². The van der Waals surface area contributed by atoms with Crippen molar-refractivity contribution in [3.05, 3.63) is 66.2 Å². The van der Waals surface area contributed by atoms with Gasteiger partial charge in [-0.1, -0.05) is 36.4 Å². The highest BCUT2D eigenvalue weighted by Crippen LogP contribution is 2.29. The summed E-state index contributed by atoms with van der Waals surface area (Å²) in [4.78, 5) is 37.4. The number of nitrogens with zero attached hydrogens (tertiary/aromatic N) is 1. The van der Waals surface area contributed by atoms with E-state index in [1.807, 2.05) is 0 Å². The van der Waals surface area contributed by atoms with Crippen LogP contribution in [-0.4, -0.2) is 22.4 Å². The highest BCUT2D eigenvalue weighted by molar-refractivity contribution is 8.15. The van der Waals surface area contributed by atoms with Crippen molar-refractivity contribution in [3.8, 4) is 0 Å². The number of hydrogen-bond donors (Lipinski definition) is 2. The molecule has 1 fully saturated rings. The summed E-state index contributed by atoms with van der Waals surface area (Å²) in [7, 11) is 0. The van der Waals surface area contributed by atoms with Crippen molar-refractivity contribution in [1.82, 2.24) is 10.9 Å². The van der Waals surface area contributed by atoms with Crippen LogP contribution in [0.3, 0.4) is 0 Å². The molecule has 2 aromatic rings. The van der Waals surface area contributed by atoms with E-state index >= 15 is 0 Å². The third kappa shape index (κ3) is 3.25. The van der Waals surface area contributed by atoms with E-state index in [9.17, 15) is 14.4 Å². The van der Waals surface area contributed by atoms with Crippen molar-refractivity contribution in [3.63, 3.8) is 0 Å². The van der Waals surface area contributed by atoms with Gasteiger partial charge in [0, 0.05) is 5.56 Å². The molecule has 0 saturated carbocycles. The summed E-state index contributed by atoms with van der Waals surface area (Å²) < 4.78 is 0. The highest BCUT2D eigenvalue weighted by atomic mass is 32.2. The van der Waals surface area contributed by atoms with E-state index in [0.717, 1.165) is 16.7 Å². The predicted molar refractivity (Wildman–Crippen MR) is 87.7 cm³/mol. The lowest BCUT2D eigenvalue weighted by atomic mass is 10.2. The molecule has 7 heteroatoms. The molecular weight excluding hydrogens is 314 g/mol. The molecule has 1 heterocycles. The van der Waals surface area contributed by atoms with Gasteiger partial charge >= 0.3 is 0 Å². The van der Waals surface area contributed by atoms with E-state index in [1.54, 1.807) is 60.7 Å². The first-order valence-corrected chi connectivity index (χ1v) is 7.75. The van der Waals surface area contributed by atoms with Crippen LogP contribution in [-0.2, 0) is 4.79 Å². The number of hydrazine groups is 1. The van der Waals surface area contributed by atoms with Gasteiger partial charge in [-0.15, -0.1) is 0 Å². The predicted octanol–water partition coefficient (Wildman–Crippen LogP) is 2.15. The Kier molecular flexibility index (Phi) is 4.40. The third-order valence-corrected chi connectivity index (χ3v) is 4.15. The SMILES string of the molecule is O=C(NN[C@@H]1SC(=O)N(c2ccccc2)C1=O)c1ccccc1. The lowest BCUT2D eigenvalue weighted by Crippen LogP contribution is -2.47. The molecule has 23 heavy (non-hydrogen) atoms. The Balaban J connectivity index is 1.65. The minimum atomic E-state index is -0.852. The molecule has 3 amide bonds. The average Bonchev–Trinajstić information content (AvgIpc) is 2.88. The summed E-state index contributed by atoms with van der Waals surface area (Å²) >= 11 is 0.825. The summed E-state index contributed by atoms with van der Waals surface area (Å²) in [5, 5.41) is -1.23. The number of amides is 3. The molecule has 0 unspecified atom stereocenters. The van der Waals surface area contributed by atoms with Crippen molar-refractivity contribution in [2.45, 2.75) is 5.37 Å². The second-order valence-electron chi connectivity index (χ2n) is 4.74.